The molecule has 1 spiro atoms. The first-order valence-electron chi connectivity index (χ1n) is 15.8. The summed E-state index contributed by atoms with van der Waals surface area (Å²) in [4.78, 5) is 0. The van der Waals surface area contributed by atoms with Crippen molar-refractivity contribution in [1.29, 1.82) is 0 Å². The first-order chi connectivity index (χ1) is 18.7. The number of rotatable bonds is 6. The summed E-state index contributed by atoms with van der Waals surface area (Å²) in [5, 5.41) is 13.1. The van der Waals surface area contributed by atoms with E-state index in [9.17, 15) is 5.11 Å². The molecule has 4 nitrogen and oxygen atoms in total. The second kappa shape index (κ2) is 11.1. The molecule has 1 aromatic rings. The third-order valence-corrected chi connectivity index (χ3v) is 17.0. The number of aliphatic hydroxyl groups is 1. The van der Waals surface area contributed by atoms with E-state index in [2.05, 4.69) is 72.0 Å². The number of halogens is 1. The number of benzene rings is 1. The Morgan fingerprint density at radius 2 is 1.65 bits per heavy atom. The van der Waals surface area contributed by atoms with Gasteiger partial charge in [0, 0.05) is 23.0 Å². The van der Waals surface area contributed by atoms with Crippen molar-refractivity contribution in [3.05, 3.63) is 40.9 Å². The maximum Gasteiger partial charge on any atom is 0.192 e. The van der Waals surface area contributed by atoms with Gasteiger partial charge in [0.05, 0.1) is 19.3 Å². The van der Waals surface area contributed by atoms with Crippen LogP contribution in [-0.2, 0) is 13.9 Å². The van der Waals surface area contributed by atoms with Crippen molar-refractivity contribution in [3.63, 3.8) is 0 Å². The first kappa shape index (κ1) is 30.8. The standard InChI is InChI=1S/C34H53ClO4Si/c1-31(2,3)40(6,7)39-27-15-18-32(4,25(23-27)10-8-9-24-11-13-26(35)14-12-24)28-16-19-33(5)29(30(28)36)17-20-34(33)37-21-22-38-34/h8-9,11-14,25,27-30,36H,10,15-23H2,1-7H3/t25-,27-,28?,29?,30+,32-,33-/m0/s1. The molecular formula is C34H53ClO4Si. The van der Waals surface area contributed by atoms with Crippen molar-refractivity contribution in [3.8, 4) is 0 Å². The molecule has 1 saturated heterocycles. The van der Waals surface area contributed by atoms with E-state index in [1.165, 1.54) is 5.56 Å². The summed E-state index contributed by atoms with van der Waals surface area (Å²) in [6.07, 6.45) is 12.8. The third-order valence-electron chi connectivity index (χ3n) is 12.2. The van der Waals surface area contributed by atoms with Gasteiger partial charge in [-0.2, -0.15) is 0 Å². The van der Waals surface area contributed by atoms with Crippen LogP contribution in [-0.4, -0.2) is 44.6 Å². The monoisotopic (exact) mass is 588 g/mol. The van der Waals surface area contributed by atoms with Gasteiger partial charge in [0.25, 0.3) is 0 Å². The normalized spacial score (nSPS) is 38.3. The molecule has 4 aliphatic rings. The van der Waals surface area contributed by atoms with Crippen molar-refractivity contribution >= 4 is 26.0 Å². The highest BCUT2D eigenvalue weighted by atomic mass is 35.5. The maximum atomic E-state index is 12.1. The smallest absolute Gasteiger partial charge is 0.192 e. The molecule has 4 fully saturated rings. The molecule has 0 radical (unpaired) electrons. The molecule has 7 atom stereocenters. The molecule has 1 aromatic carbocycles. The highest BCUT2D eigenvalue weighted by Gasteiger charge is 2.66. The Hall–Kier alpha value is -0.693. The topological polar surface area (TPSA) is 47.9 Å². The SMILES string of the molecule is CC(C)(C)[Si](C)(C)O[C@H]1CC[C@](C)(C2CC[C@@]3(C)C(CCC34OCCO4)[C@@H]2O)[C@@H](CC=Cc2ccc(Cl)cc2)C1. The van der Waals surface area contributed by atoms with Crippen molar-refractivity contribution in [2.75, 3.05) is 13.2 Å². The highest BCUT2D eigenvalue weighted by Crippen LogP contribution is 2.65. The summed E-state index contributed by atoms with van der Waals surface area (Å²) in [5.41, 5.74) is 1.13. The minimum Gasteiger partial charge on any atom is -0.414 e. The molecule has 0 bridgehead atoms. The predicted molar refractivity (Wildman–Crippen MR) is 167 cm³/mol. The summed E-state index contributed by atoms with van der Waals surface area (Å²) in [5.74, 6) is 0.482. The quantitative estimate of drug-likeness (QED) is 0.337. The molecule has 5 rings (SSSR count). The zero-order valence-corrected chi connectivity index (χ0v) is 27.7. The van der Waals surface area contributed by atoms with Gasteiger partial charge in [-0.3, -0.25) is 0 Å². The van der Waals surface area contributed by atoms with Gasteiger partial charge in [0.15, 0.2) is 14.1 Å². The second-order valence-corrected chi connectivity index (χ2v) is 20.5. The number of hydrogen-bond acceptors (Lipinski definition) is 4. The van der Waals surface area contributed by atoms with Crippen LogP contribution >= 0.6 is 11.6 Å². The summed E-state index contributed by atoms with van der Waals surface area (Å²) >= 11 is 6.12. The van der Waals surface area contributed by atoms with E-state index in [1.807, 2.05) is 12.1 Å². The molecule has 3 aliphatic carbocycles. The van der Waals surface area contributed by atoms with Crippen LogP contribution < -0.4 is 0 Å². The van der Waals surface area contributed by atoms with Gasteiger partial charge in [-0.05, 0) is 104 Å². The van der Waals surface area contributed by atoms with E-state index in [4.69, 9.17) is 25.5 Å². The van der Waals surface area contributed by atoms with Crippen LogP contribution in [0.15, 0.2) is 30.3 Å². The van der Waals surface area contributed by atoms with Gasteiger partial charge < -0.3 is 19.0 Å². The molecule has 1 N–H and O–H groups in total. The minimum atomic E-state index is -1.86. The fraction of sp³-hybridized carbons (Fsp3) is 0.765. The summed E-state index contributed by atoms with van der Waals surface area (Å²) in [6.45, 7) is 17.9. The molecule has 0 amide bonds. The number of allylic oxidation sites excluding steroid dienone is 1. The van der Waals surface area contributed by atoms with E-state index in [0.717, 1.165) is 56.4 Å². The average Bonchev–Trinajstić information content (AvgIpc) is 3.48. The lowest BCUT2D eigenvalue weighted by atomic mass is 9.51. The molecular weight excluding hydrogens is 536 g/mol. The predicted octanol–water partition coefficient (Wildman–Crippen LogP) is 8.87. The van der Waals surface area contributed by atoms with Crippen molar-refractivity contribution in [1.82, 2.24) is 0 Å². The number of aliphatic hydroxyl groups excluding tert-OH is 1. The van der Waals surface area contributed by atoms with Gasteiger partial charge in [-0.25, -0.2) is 0 Å². The van der Waals surface area contributed by atoms with Crippen molar-refractivity contribution < 1.29 is 19.0 Å². The van der Waals surface area contributed by atoms with Crippen LogP contribution in [0.2, 0.25) is 23.2 Å². The van der Waals surface area contributed by atoms with Gasteiger partial charge in [-0.1, -0.05) is 70.5 Å². The third kappa shape index (κ3) is 5.41. The number of ether oxygens (including phenoxy) is 2. The molecule has 224 valence electrons. The van der Waals surface area contributed by atoms with Crippen molar-refractivity contribution in [2.45, 2.75) is 122 Å². The molecule has 40 heavy (non-hydrogen) atoms. The Balaban J connectivity index is 1.37. The van der Waals surface area contributed by atoms with Gasteiger partial charge in [-0.15, -0.1) is 0 Å². The molecule has 2 unspecified atom stereocenters. The molecule has 1 aliphatic heterocycles. The second-order valence-electron chi connectivity index (χ2n) is 15.3. The van der Waals surface area contributed by atoms with Crippen molar-refractivity contribution in [2.24, 2.45) is 28.6 Å². The Bertz CT molecular complexity index is 1060. The summed E-state index contributed by atoms with van der Waals surface area (Å²) < 4.78 is 19.6. The Kier molecular flexibility index (Phi) is 8.53. The lowest BCUT2D eigenvalue weighted by molar-refractivity contribution is -0.250. The van der Waals surface area contributed by atoms with E-state index in [0.29, 0.717) is 25.2 Å². The van der Waals surface area contributed by atoms with E-state index >= 15 is 0 Å². The fourth-order valence-corrected chi connectivity index (χ4v) is 10.1. The zero-order chi connectivity index (χ0) is 29.0. The van der Waals surface area contributed by atoms with Crippen LogP contribution in [0.4, 0.5) is 0 Å². The van der Waals surface area contributed by atoms with Crippen LogP contribution in [0.1, 0.15) is 91.5 Å². The largest absolute Gasteiger partial charge is 0.414 e. The molecule has 0 aromatic heterocycles. The molecule has 1 heterocycles. The van der Waals surface area contributed by atoms with Crippen LogP contribution in [0, 0.1) is 28.6 Å². The zero-order valence-electron chi connectivity index (χ0n) is 26.0. The first-order valence-corrected chi connectivity index (χ1v) is 19.1. The van der Waals surface area contributed by atoms with E-state index < -0.39 is 14.1 Å². The van der Waals surface area contributed by atoms with Gasteiger partial charge in [0.2, 0.25) is 0 Å². The minimum absolute atomic E-state index is 0.0610. The van der Waals surface area contributed by atoms with Crippen LogP contribution in [0.5, 0.6) is 0 Å². The Morgan fingerprint density at radius 1 is 1.00 bits per heavy atom. The Morgan fingerprint density at radius 3 is 2.30 bits per heavy atom. The number of fused-ring (bicyclic) bond motifs is 2. The Labute approximate surface area is 249 Å². The summed E-state index contributed by atoms with van der Waals surface area (Å²) in [7, 11) is -1.86. The highest BCUT2D eigenvalue weighted by molar-refractivity contribution is 6.74. The lowest BCUT2D eigenvalue weighted by Crippen LogP contribution is -2.57. The summed E-state index contributed by atoms with van der Waals surface area (Å²) in [6, 6.07) is 8.07. The average molecular weight is 589 g/mol. The maximum absolute atomic E-state index is 12.1. The van der Waals surface area contributed by atoms with Gasteiger partial charge >= 0.3 is 0 Å². The van der Waals surface area contributed by atoms with Crippen LogP contribution in [0.3, 0.4) is 0 Å². The van der Waals surface area contributed by atoms with Gasteiger partial charge in [0.1, 0.15) is 0 Å². The molecule has 6 heteroatoms. The molecule has 3 saturated carbocycles. The van der Waals surface area contributed by atoms with E-state index in [-0.39, 0.29) is 33.8 Å². The number of hydrogen-bond donors (Lipinski definition) is 1. The van der Waals surface area contributed by atoms with Crippen LogP contribution in [0.25, 0.3) is 6.08 Å². The lowest BCUT2D eigenvalue weighted by Gasteiger charge is -2.57. The fourth-order valence-electron chi connectivity index (χ4n) is 8.59. The van der Waals surface area contributed by atoms with E-state index in [1.54, 1.807) is 0 Å².